The molecule has 0 bridgehead atoms. The molecule has 0 unspecified atom stereocenters. The normalized spacial score (nSPS) is 16.3. The van der Waals surface area contributed by atoms with Crippen LogP contribution in [0.3, 0.4) is 0 Å². The summed E-state index contributed by atoms with van der Waals surface area (Å²) in [7, 11) is 0. The zero-order chi connectivity index (χ0) is 20.1. The summed E-state index contributed by atoms with van der Waals surface area (Å²) < 4.78 is 7.87. The fourth-order valence-corrected chi connectivity index (χ4v) is 5.04. The van der Waals surface area contributed by atoms with Crippen molar-refractivity contribution in [1.82, 2.24) is 19.7 Å². The number of aromatic nitrogens is 4. The highest BCUT2D eigenvalue weighted by molar-refractivity contribution is 7.98. The van der Waals surface area contributed by atoms with Gasteiger partial charge in [0, 0.05) is 36.1 Å². The molecule has 1 aliphatic rings. The van der Waals surface area contributed by atoms with Gasteiger partial charge in [-0.1, -0.05) is 42.1 Å². The number of carbonyl (C=O) groups excluding carboxylic acids is 1. The van der Waals surface area contributed by atoms with Gasteiger partial charge in [0.15, 0.2) is 5.16 Å². The number of amides is 1. The number of rotatable bonds is 9. The summed E-state index contributed by atoms with van der Waals surface area (Å²) in [5.74, 6) is 1.16. The van der Waals surface area contributed by atoms with E-state index in [1.807, 2.05) is 18.2 Å². The number of benzene rings is 1. The maximum atomic E-state index is 11.2. The maximum Gasteiger partial charge on any atom is 0.217 e. The first kappa shape index (κ1) is 20.1. The van der Waals surface area contributed by atoms with Crippen LogP contribution in [0.4, 0.5) is 0 Å². The molecule has 3 heterocycles. The Hall–Kier alpha value is -2.23. The van der Waals surface area contributed by atoms with Crippen LogP contribution in [-0.2, 0) is 28.2 Å². The molecule has 1 aliphatic heterocycles. The highest BCUT2D eigenvalue weighted by Gasteiger charge is 2.21. The molecule has 4 rings (SSSR count). The van der Waals surface area contributed by atoms with E-state index in [-0.39, 0.29) is 18.4 Å². The highest BCUT2D eigenvalue weighted by Crippen LogP contribution is 2.28. The van der Waals surface area contributed by atoms with E-state index in [0.717, 1.165) is 46.7 Å². The molecule has 7 nitrogen and oxygen atoms in total. The lowest BCUT2D eigenvalue weighted by Gasteiger charge is -2.14. The van der Waals surface area contributed by atoms with Gasteiger partial charge >= 0.3 is 0 Å². The van der Waals surface area contributed by atoms with Crippen LogP contribution < -0.4 is 5.73 Å². The molecule has 1 fully saturated rings. The van der Waals surface area contributed by atoms with E-state index in [4.69, 9.17) is 15.5 Å². The predicted molar refractivity (Wildman–Crippen MR) is 114 cm³/mol. The standard InChI is InChI=1S/C20H23N5O2S2/c21-17(26)8-9-18-23-24-20(25(18)11-16-7-4-10-27-16)29-13-15-12-28-19(22-15)14-5-2-1-3-6-14/h1-3,5-6,12,16H,4,7-11,13H2,(H2,21,26)/t16-/m0/s1. The van der Waals surface area contributed by atoms with Crippen LogP contribution in [0, 0.1) is 0 Å². The van der Waals surface area contributed by atoms with Crippen molar-refractivity contribution in [3.05, 3.63) is 47.2 Å². The number of ether oxygens (including phenoxy) is 1. The molecule has 3 aromatic rings. The van der Waals surface area contributed by atoms with Crippen LogP contribution in [0.5, 0.6) is 0 Å². The van der Waals surface area contributed by atoms with Crippen LogP contribution >= 0.6 is 23.1 Å². The minimum atomic E-state index is -0.332. The Morgan fingerprint density at radius 1 is 1.31 bits per heavy atom. The van der Waals surface area contributed by atoms with Gasteiger partial charge in [0.2, 0.25) is 5.91 Å². The monoisotopic (exact) mass is 429 g/mol. The number of thiazole rings is 1. The summed E-state index contributed by atoms with van der Waals surface area (Å²) in [6.07, 6.45) is 3.03. The first-order valence-corrected chi connectivity index (χ1v) is 11.5. The molecule has 0 saturated carbocycles. The van der Waals surface area contributed by atoms with Crippen LogP contribution in [-0.4, -0.2) is 38.4 Å². The van der Waals surface area contributed by atoms with Crippen molar-refractivity contribution in [3.8, 4) is 10.6 Å². The number of aryl methyl sites for hydroxylation is 1. The van der Waals surface area contributed by atoms with E-state index >= 15 is 0 Å². The molecule has 1 amide bonds. The van der Waals surface area contributed by atoms with Gasteiger partial charge in [-0.05, 0) is 12.8 Å². The average Bonchev–Trinajstić information content (AvgIpc) is 3.48. The SMILES string of the molecule is NC(=O)CCc1nnc(SCc2csc(-c3ccccc3)n2)n1C[C@@H]1CCCO1. The Bertz CT molecular complexity index is 951. The average molecular weight is 430 g/mol. The van der Waals surface area contributed by atoms with Crippen LogP contribution in [0.1, 0.15) is 30.8 Å². The van der Waals surface area contributed by atoms with Crippen molar-refractivity contribution in [1.29, 1.82) is 0 Å². The van der Waals surface area contributed by atoms with Gasteiger partial charge in [-0.2, -0.15) is 0 Å². The van der Waals surface area contributed by atoms with Crippen LogP contribution in [0.15, 0.2) is 40.9 Å². The first-order chi connectivity index (χ1) is 14.2. The topological polar surface area (TPSA) is 95.9 Å². The largest absolute Gasteiger partial charge is 0.376 e. The molecule has 152 valence electrons. The van der Waals surface area contributed by atoms with Crippen LogP contribution in [0.2, 0.25) is 0 Å². The lowest BCUT2D eigenvalue weighted by atomic mass is 10.2. The molecule has 2 aromatic heterocycles. The second-order valence-electron chi connectivity index (χ2n) is 6.91. The van der Waals surface area contributed by atoms with Crippen molar-refractivity contribution in [3.63, 3.8) is 0 Å². The van der Waals surface area contributed by atoms with E-state index in [2.05, 4.69) is 32.3 Å². The zero-order valence-electron chi connectivity index (χ0n) is 16.0. The Morgan fingerprint density at radius 2 is 2.17 bits per heavy atom. The summed E-state index contributed by atoms with van der Waals surface area (Å²) in [4.78, 5) is 15.9. The van der Waals surface area contributed by atoms with Gasteiger partial charge in [-0.3, -0.25) is 4.79 Å². The van der Waals surface area contributed by atoms with Gasteiger partial charge in [-0.15, -0.1) is 21.5 Å². The van der Waals surface area contributed by atoms with Gasteiger partial charge < -0.3 is 15.0 Å². The smallest absolute Gasteiger partial charge is 0.217 e. The van der Waals surface area contributed by atoms with Crippen molar-refractivity contribution in [2.24, 2.45) is 5.73 Å². The van der Waals surface area contributed by atoms with E-state index in [9.17, 15) is 4.79 Å². The fourth-order valence-electron chi connectivity index (χ4n) is 3.25. The quantitative estimate of drug-likeness (QED) is 0.524. The highest BCUT2D eigenvalue weighted by atomic mass is 32.2. The third-order valence-corrected chi connectivity index (χ3v) is 6.66. The van der Waals surface area contributed by atoms with Crippen molar-refractivity contribution in [2.75, 3.05) is 6.61 Å². The minimum absolute atomic E-state index is 0.168. The molecule has 0 radical (unpaired) electrons. The summed E-state index contributed by atoms with van der Waals surface area (Å²) in [6, 6.07) is 10.2. The lowest BCUT2D eigenvalue weighted by Crippen LogP contribution is -2.19. The number of nitrogens with zero attached hydrogens (tertiary/aromatic N) is 4. The Kier molecular flexibility index (Phi) is 6.58. The zero-order valence-corrected chi connectivity index (χ0v) is 17.6. The maximum absolute atomic E-state index is 11.2. The molecule has 2 N–H and O–H groups in total. The van der Waals surface area contributed by atoms with Gasteiger partial charge in [-0.25, -0.2) is 4.98 Å². The number of thioether (sulfide) groups is 1. The molecule has 0 spiro atoms. The molecular weight excluding hydrogens is 406 g/mol. The molecule has 29 heavy (non-hydrogen) atoms. The number of nitrogens with two attached hydrogens (primary N) is 1. The number of primary amides is 1. The van der Waals surface area contributed by atoms with E-state index in [1.54, 1.807) is 23.1 Å². The van der Waals surface area contributed by atoms with E-state index in [1.165, 1.54) is 0 Å². The van der Waals surface area contributed by atoms with Gasteiger partial charge in [0.25, 0.3) is 0 Å². The molecular formula is C20H23N5O2S2. The summed E-state index contributed by atoms with van der Waals surface area (Å²) in [5.41, 5.74) is 7.46. The van der Waals surface area contributed by atoms with Gasteiger partial charge in [0.05, 0.1) is 18.3 Å². The number of hydrogen-bond acceptors (Lipinski definition) is 7. The second-order valence-corrected chi connectivity index (χ2v) is 8.71. The minimum Gasteiger partial charge on any atom is -0.376 e. The summed E-state index contributed by atoms with van der Waals surface area (Å²) in [6.45, 7) is 1.50. The Labute approximate surface area is 177 Å². The predicted octanol–water partition coefficient (Wildman–Crippen LogP) is 3.29. The van der Waals surface area contributed by atoms with E-state index in [0.29, 0.717) is 18.7 Å². The van der Waals surface area contributed by atoms with Crippen molar-refractivity contribution in [2.45, 2.75) is 49.2 Å². The molecule has 1 saturated heterocycles. The third-order valence-electron chi connectivity index (χ3n) is 4.72. The second kappa shape index (κ2) is 9.51. The molecule has 0 aliphatic carbocycles. The van der Waals surface area contributed by atoms with Crippen LogP contribution in [0.25, 0.3) is 10.6 Å². The first-order valence-electron chi connectivity index (χ1n) is 9.63. The Balaban J connectivity index is 1.46. The third kappa shape index (κ3) is 5.23. The molecule has 9 heteroatoms. The number of carbonyl (C=O) groups is 1. The molecule has 1 aromatic carbocycles. The number of hydrogen-bond donors (Lipinski definition) is 1. The molecule has 1 atom stereocenters. The fraction of sp³-hybridized carbons (Fsp3) is 0.400. The van der Waals surface area contributed by atoms with Crippen molar-refractivity contribution < 1.29 is 9.53 Å². The summed E-state index contributed by atoms with van der Waals surface area (Å²) >= 11 is 3.25. The Morgan fingerprint density at radius 3 is 2.93 bits per heavy atom. The van der Waals surface area contributed by atoms with Crippen molar-refractivity contribution >= 4 is 29.0 Å². The lowest BCUT2D eigenvalue weighted by molar-refractivity contribution is -0.118. The summed E-state index contributed by atoms with van der Waals surface area (Å²) in [5, 5.41) is 12.6. The van der Waals surface area contributed by atoms with Gasteiger partial charge in [0.1, 0.15) is 10.8 Å². The van der Waals surface area contributed by atoms with E-state index < -0.39 is 0 Å².